The van der Waals surface area contributed by atoms with E-state index in [1.807, 2.05) is 46.2 Å². The van der Waals surface area contributed by atoms with Gasteiger partial charge >= 0.3 is 0 Å². The highest BCUT2D eigenvalue weighted by Crippen LogP contribution is 2.26. The van der Waals surface area contributed by atoms with Crippen molar-refractivity contribution < 1.29 is 4.42 Å². The zero-order valence-electron chi connectivity index (χ0n) is 14.1. The molecule has 0 aliphatic rings. The van der Waals surface area contributed by atoms with Crippen LogP contribution < -0.4 is 5.56 Å². The molecule has 0 aliphatic heterocycles. The molecule has 0 saturated carbocycles. The summed E-state index contributed by atoms with van der Waals surface area (Å²) in [6.45, 7) is 0. The lowest BCUT2D eigenvalue weighted by Gasteiger charge is -2.04. The molecule has 0 unspecified atom stereocenters. The normalized spacial score (nSPS) is 11.6. The minimum Gasteiger partial charge on any atom is -0.411 e. The molecule has 0 atom stereocenters. The molecule has 4 heterocycles. The summed E-state index contributed by atoms with van der Waals surface area (Å²) in [5.74, 6) is 2.19. The van der Waals surface area contributed by atoms with E-state index in [1.54, 1.807) is 7.05 Å². The number of nitrogens with zero attached hydrogens (tertiary/aromatic N) is 6. The van der Waals surface area contributed by atoms with Crippen molar-refractivity contribution in [2.45, 2.75) is 11.0 Å². The molecule has 8 nitrogen and oxygen atoms in total. The molecular weight excluding hydrogens is 384 g/mol. The SMILES string of the molecule is Cn1c(=O)c2sccc2n2c(CSc3nnc(-c4ccccc4)o3)nnc12. The van der Waals surface area contributed by atoms with Gasteiger partial charge in [0.05, 0.1) is 11.3 Å². The average molecular weight is 396 g/mol. The second kappa shape index (κ2) is 6.32. The van der Waals surface area contributed by atoms with Gasteiger partial charge in [0.2, 0.25) is 11.7 Å². The molecule has 4 aromatic heterocycles. The van der Waals surface area contributed by atoms with Crippen LogP contribution in [0.2, 0.25) is 0 Å². The first kappa shape index (κ1) is 16.2. The second-order valence-corrected chi connectivity index (χ2v) is 7.62. The van der Waals surface area contributed by atoms with Crippen LogP contribution in [-0.2, 0) is 12.8 Å². The van der Waals surface area contributed by atoms with Crippen LogP contribution in [0.5, 0.6) is 0 Å². The predicted molar refractivity (Wildman–Crippen MR) is 103 cm³/mol. The summed E-state index contributed by atoms with van der Waals surface area (Å²) in [5.41, 5.74) is 1.62. The van der Waals surface area contributed by atoms with Gasteiger partial charge in [-0.05, 0) is 23.6 Å². The first-order valence-electron chi connectivity index (χ1n) is 8.04. The van der Waals surface area contributed by atoms with Crippen molar-refractivity contribution in [3.63, 3.8) is 0 Å². The Morgan fingerprint density at radius 3 is 2.81 bits per heavy atom. The molecule has 0 radical (unpaired) electrons. The Labute approximate surface area is 160 Å². The molecule has 134 valence electrons. The molecule has 0 aliphatic carbocycles. The molecule has 0 fully saturated rings. The number of fused-ring (bicyclic) bond motifs is 3. The topological polar surface area (TPSA) is 91.1 Å². The monoisotopic (exact) mass is 396 g/mol. The van der Waals surface area contributed by atoms with Crippen molar-refractivity contribution in [1.82, 2.24) is 29.4 Å². The fraction of sp³-hybridized carbons (Fsp3) is 0.118. The van der Waals surface area contributed by atoms with Crippen LogP contribution in [-0.4, -0.2) is 29.4 Å². The molecule has 0 amide bonds. The number of hydrogen-bond acceptors (Lipinski definition) is 8. The lowest BCUT2D eigenvalue weighted by atomic mass is 10.2. The number of aromatic nitrogens is 6. The van der Waals surface area contributed by atoms with E-state index in [0.717, 1.165) is 11.1 Å². The van der Waals surface area contributed by atoms with E-state index in [2.05, 4.69) is 20.4 Å². The van der Waals surface area contributed by atoms with Crippen LogP contribution in [0.15, 0.2) is 56.2 Å². The Kier molecular flexibility index (Phi) is 3.80. The van der Waals surface area contributed by atoms with Crippen molar-refractivity contribution in [1.29, 1.82) is 0 Å². The molecule has 0 spiro atoms. The number of benzene rings is 1. The lowest BCUT2D eigenvalue weighted by molar-refractivity contribution is 0.465. The van der Waals surface area contributed by atoms with Crippen LogP contribution >= 0.6 is 23.1 Å². The zero-order valence-corrected chi connectivity index (χ0v) is 15.7. The quantitative estimate of drug-likeness (QED) is 0.431. The van der Waals surface area contributed by atoms with E-state index in [4.69, 9.17) is 4.42 Å². The largest absolute Gasteiger partial charge is 0.411 e. The lowest BCUT2D eigenvalue weighted by Crippen LogP contribution is -2.19. The Morgan fingerprint density at radius 1 is 1.11 bits per heavy atom. The van der Waals surface area contributed by atoms with Crippen molar-refractivity contribution in [2.75, 3.05) is 0 Å². The minimum atomic E-state index is -0.0662. The van der Waals surface area contributed by atoms with E-state index in [1.165, 1.54) is 27.7 Å². The van der Waals surface area contributed by atoms with Crippen LogP contribution in [0.25, 0.3) is 27.4 Å². The molecule has 5 rings (SSSR count). The molecule has 5 aromatic rings. The molecular formula is C17H12N6O2S2. The Morgan fingerprint density at radius 2 is 1.96 bits per heavy atom. The maximum absolute atomic E-state index is 12.4. The van der Waals surface area contributed by atoms with Crippen LogP contribution in [0, 0.1) is 0 Å². The Bertz CT molecular complexity index is 1320. The van der Waals surface area contributed by atoms with Gasteiger partial charge in [0.1, 0.15) is 10.5 Å². The van der Waals surface area contributed by atoms with Gasteiger partial charge < -0.3 is 4.42 Å². The third kappa shape index (κ3) is 2.64. The number of thioether (sulfide) groups is 1. The van der Waals surface area contributed by atoms with E-state index in [0.29, 0.717) is 33.2 Å². The highest BCUT2D eigenvalue weighted by Gasteiger charge is 2.17. The summed E-state index contributed by atoms with van der Waals surface area (Å²) in [5, 5.41) is 19.0. The van der Waals surface area contributed by atoms with Crippen molar-refractivity contribution in [2.24, 2.45) is 7.05 Å². The van der Waals surface area contributed by atoms with Gasteiger partial charge in [0.25, 0.3) is 10.8 Å². The molecule has 0 N–H and O–H groups in total. The summed E-state index contributed by atoms with van der Waals surface area (Å²) in [4.78, 5) is 12.4. The van der Waals surface area contributed by atoms with Crippen molar-refractivity contribution in [3.8, 4) is 11.5 Å². The second-order valence-electron chi connectivity index (χ2n) is 5.78. The van der Waals surface area contributed by atoms with E-state index in [9.17, 15) is 4.79 Å². The van der Waals surface area contributed by atoms with Crippen LogP contribution in [0.4, 0.5) is 0 Å². The standard InChI is InChI=1S/C17H12N6O2S2/c1-22-15(24)13-11(7-8-26-13)23-12(18-20-16(22)23)9-27-17-21-19-14(25-17)10-5-3-2-4-6-10/h2-8H,9H2,1H3. The van der Waals surface area contributed by atoms with Gasteiger partial charge in [-0.3, -0.25) is 13.8 Å². The van der Waals surface area contributed by atoms with E-state index >= 15 is 0 Å². The Balaban J connectivity index is 1.48. The average Bonchev–Trinajstić information content (AvgIpc) is 3.43. The predicted octanol–water partition coefficient (Wildman–Crippen LogP) is 2.99. The van der Waals surface area contributed by atoms with Gasteiger partial charge in [-0.2, -0.15) is 0 Å². The van der Waals surface area contributed by atoms with Gasteiger partial charge in [0.15, 0.2) is 0 Å². The first-order valence-corrected chi connectivity index (χ1v) is 9.91. The summed E-state index contributed by atoms with van der Waals surface area (Å²) in [7, 11) is 1.70. The van der Waals surface area contributed by atoms with Crippen LogP contribution in [0.3, 0.4) is 0 Å². The Hall–Kier alpha value is -2.98. The molecule has 0 bridgehead atoms. The molecule has 1 aromatic carbocycles. The summed E-state index contributed by atoms with van der Waals surface area (Å²) >= 11 is 2.80. The smallest absolute Gasteiger partial charge is 0.277 e. The molecule has 27 heavy (non-hydrogen) atoms. The van der Waals surface area contributed by atoms with Gasteiger partial charge in [0, 0.05) is 12.6 Å². The molecule has 10 heteroatoms. The number of thiophene rings is 1. The van der Waals surface area contributed by atoms with Gasteiger partial charge in [-0.15, -0.1) is 31.7 Å². The maximum atomic E-state index is 12.4. The zero-order chi connectivity index (χ0) is 18.4. The third-order valence-corrected chi connectivity index (χ3v) is 5.86. The van der Waals surface area contributed by atoms with Crippen molar-refractivity contribution >= 4 is 39.1 Å². The van der Waals surface area contributed by atoms with Gasteiger partial charge in [-0.25, -0.2) is 0 Å². The fourth-order valence-corrected chi connectivity index (χ4v) is 4.36. The maximum Gasteiger partial charge on any atom is 0.277 e. The van der Waals surface area contributed by atoms with Gasteiger partial charge in [-0.1, -0.05) is 30.0 Å². The number of rotatable bonds is 4. The fourth-order valence-electron chi connectivity index (χ4n) is 2.84. The number of aryl methyl sites for hydroxylation is 1. The summed E-state index contributed by atoms with van der Waals surface area (Å²) < 4.78 is 9.82. The van der Waals surface area contributed by atoms with E-state index < -0.39 is 0 Å². The summed E-state index contributed by atoms with van der Waals surface area (Å²) in [6.07, 6.45) is 0. The van der Waals surface area contributed by atoms with Crippen molar-refractivity contribution in [3.05, 3.63) is 58.0 Å². The summed E-state index contributed by atoms with van der Waals surface area (Å²) in [6, 6.07) is 11.5. The minimum absolute atomic E-state index is 0.0662. The van der Waals surface area contributed by atoms with Crippen LogP contribution in [0.1, 0.15) is 5.82 Å². The third-order valence-electron chi connectivity index (χ3n) is 4.15. The first-order chi connectivity index (χ1) is 13.2. The van der Waals surface area contributed by atoms with E-state index in [-0.39, 0.29) is 5.56 Å². The number of hydrogen-bond donors (Lipinski definition) is 0. The molecule has 0 saturated heterocycles. The highest BCUT2D eigenvalue weighted by molar-refractivity contribution is 7.98. The highest BCUT2D eigenvalue weighted by atomic mass is 32.2.